The predicted molar refractivity (Wildman–Crippen MR) is 119 cm³/mol. The second-order valence-corrected chi connectivity index (χ2v) is 6.85. The predicted octanol–water partition coefficient (Wildman–Crippen LogP) is 3.42. The Morgan fingerprint density at radius 2 is 1.80 bits per heavy atom. The molecule has 0 atom stereocenters. The molecule has 0 amide bonds. The molecule has 30 heavy (non-hydrogen) atoms. The number of pyridine rings is 1. The molecule has 0 saturated carbocycles. The van der Waals surface area contributed by atoms with E-state index in [2.05, 4.69) is 27.5 Å². The van der Waals surface area contributed by atoms with Crippen molar-refractivity contribution in [3.8, 4) is 11.8 Å². The lowest BCUT2D eigenvalue weighted by atomic mass is 10.2. The maximum Gasteiger partial charge on any atom is 0.152 e. The summed E-state index contributed by atoms with van der Waals surface area (Å²) in [5, 5.41) is 1.03. The molecular formula is C24H24N4O2. The van der Waals surface area contributed by atoms with Crippen LogP contribution in [-0.2, 0) is 22.4 Å². The normalized spacial score (nSPS) is 11.0. The van der Waals surface area contributed by atoms with Crippen LogP contribution in [0.2, 0.25) is 0 Å². The minimum absolute atomic E-state index is 0.374. The number of para-hydroxylation sites is 1. The summed E-state index contributed by atoms with van der Waals surface area (Å²) in [5.74, 6) is 7.52. The molecule has 6 heteroatoms. The molecule has 0 saturated heterocycles. The molecule has 0 aliphatic carbocycles. The van der Waals surface area contributed by atoms with Crippen molar-refractivity contribution in [3.05, 3.63) is 66.0 Å². The van der Waals surface area contributed by atoms with Gasteiger partial charge in [-0.25, -0.2) is 9.97 Å². The highest BCUT2D eigenvalue weighted by atomic mass is 16.5. The Morgan fingerprint density at radius 3 is 2.63 bits per heavy atom. The van der Waals surface area contributed by atoms with Gasteiger partial charge in [0, 0.05) is 31.0 Å². The van der Waals surface area contributed by atoms with Crippen LogP contribution in [0.25, 0.3) is 21.9 Å². The van der Waals surface area contributed by atoms with Gasteiger partial charge in [0.2, 0.25) is 0 Å². The van der Waals surface area contributed by atoms with E-state index in [4.69, 9.17) is 20.2 Å². The smallest absolute Gasteiger partial charge is 0.152 e. The molecule has 0 fully saturated rings. The fourth-order valence-corrected chi connectivity index (χ4v) is 3.47. The van der Waals surface area contributed by atoms with Gasteiger partial charge in [-0.05, 0) is 18.2 Å². The van der Waals surface area contributed by atoms with Crippen molar-refractivity contribution in [1.82, 2.24) is 14.5 Å². The Labute approximate surface area is 175 Å². The number of benzene rings is 2. The first kappa shape index (κ1) is 19.9. The number of aromatic nitrogens is 3. The van der Waals surface area contributed by atoms with E-state index in [9.17, 15) is 0 Å². The minimum atomic E-state index is 0.374. The van der Waals surface area contributed by atoms with Crippen LogP contribution in [0, 0.1) is 11.8 Å². The zero-order valence-electron chi connectivity index (χ0n) is 17.0. The lowest BCUT2D eigenvalue weighted by Crippen LogP contribution is -2.11. The van der Waals surface area contributed by atoms with Crippen LogP contribution < -0.4 is 5.73 Å². The summed E-state index contributed by atoms with van der Waals surface area (Å²) in [6.45, 7) is 2.12. The molecule has 0 bridgehead atoms. The van der Waals surface area contributed by atoms with Gasteiger partial charge in [0.15, 0.2) is 5.82 Å². The SMILES string of the molecule is COCCc1nc2c(N)nc3ccccc3c2n1CCOCC#Cc1ccccc1. The van der Waals surface area contributed by atoms with Crippen LogP contribution in [-0.4, -0.2) is 41.5 Å². The summed E-state index contributed by atoms with van der Waals surface area (Å²) in [6, 6.07) is 17.9. The fraction of sp³-hybridized carbons (Fsp3) is 0.250. The molecule has 2 aromatic heterocycles. The number of imidazole rings is 1. The van der Waals surface area contributed by atoms with E-state index < -0.39 is 0 Å². The highest BCUT2D eigenvalue weighted by molar-refractivity contribution is 6.06. The standard InChI is InChI=1S/C24H24N4O2/c1-29-16-13-21-27-22-23(19-11-5-6-12-20(19)26-24(22)25)28(21)14-17-30-15-7-10-18-8-3-2-4-9-18/h2-6,8-9,11-12H,13-17H2,1H3,(H2,25,26). The van der Waals surface area contributed by atoms with Crippen molar-refractivity contribution in [1.29, 1.82) is 0 Å². The van der Waals surface area contributed by atoms with E-state index in [1.54, 1.807) is 7.11 Å². The summed E-state index contributed by atoms with van der Waals surface area (Å²) < 4.78 is 13.2. The van der Waals surface area contributed by atoms with Gasteiger partial charge in [-0.3, -0.25) is 0 Å². The van der Waals surface area contributed by atoms with Crippen LogP contribution >= 0.6 is 0 Å². The van der Waals surface area contributed by atoms with Gasteiger partial charge in [0.1, 0.15) is 17.9 Å². The topological polar surface area (TPSA) is 75.2 Å². The summed E-state index contributed by atoms with van der Waals surface area (Å²) in [6.07, 6.45) is 0.687. The van der Waals surface area contributed by atoms with Gasteiger partial charge in [-0.1, -0.05) is 48.2 Å². The molecule has 0 aliphatic heterocycles. The van der Waals surface area contributed by atoms with Crippen molar-refractivity contribution >= 4 is 27.8 Å². The molecule has 0 aliphatic rings. The van der Waals surface area contributed by atoms with Crippen molar-refractivity contribution in [2.75, 3.05) is 32.7 Å². The average molecular weight is 400 g/mol. The number of nitrogen functional groups attached to an aromatic ring is 1. The summed E-state index contributed by atoms with van der Waals surface area (Å²) in [4.78, 5) is 9.28. The van der Waals surface area contributed by atoms with E-state index in [0.29, 0.717) is 38.6 Å². The van der Waals surface area contributed by atoms with E-state index in [1.165, 1.54) is 0 Å². The Bertz CT molecular complexity index is 1210. The number of hydrogen-bond acceptors (Lipinski definition) is 5. The van der Waals surface area contributed by atoms with E-state index in [-0.39, 0.29) is 0 Å². The van der Waals surface area contributed by atoms with Gasteiger partial charge >= 0.3 is 0 Å². The average Bonchev–Trinajstić information content (AvgIpc) is 3.15. The maximum atomic E-state index is 6.22. The molecule has 4 aromatic rings. The number of methoxy groups -OCH3 is 1. The molecule has 152 valence electrons. The van der Waals surface area contributed by atoms with Crippen molar-refractivity contribution in [3.63, 3.8) is 0 Å². The van der Waals surface area contributed by atoms with E-state index in [1.807, 2.05) is 48.5 Å². The summed E-state index contributed by atoms with van der Waals surface area (Å²) in [7, 11) is 1.69. The number of anilines is 1. The molecular weight excluding hydrogens is 376 g/mol. The highest BCUT2D eigenvalue weighted by Crippen LogP contribution is 2.28. The first-order valence-corrected chi connectivity index (χ1v) is 9.92. The van der Waals surface area contributed by atoms with Gasteiger partial charge in [-0.15, -0.1) is 0 Å². The zero-order valence-corrected chi connectivity index (χ0v) is 17.0. The Hall–Kier alpha value is -3.40. The lowest BCUT2D eigenvalue weighted by Gasteiger charge is -2.10. The number of fused-ring (bicyclic) bond motifs is 3. The molecule has 2 aromatic carbocycles. The first-order chi connectivity index (χ1) is 14.8. The van der Waals surface area contributed by atoms with Crippen LogP contribution in [0.4, 0.5) is 5.82 Å². The number of hydrogen-bond donors (Lipinski definition) is 1. The largest absolute Gasteiger partial charge is 0.384 e. The van der Waals surface area contributed by atoms with Crippen LogP contribution in [0.5, 0.6) is 0 Å². The van der Waals surface area contributed by atoms with Gasteiger partial charge < -0.3 is 19.8 Å². The zero-order chi connectivity index (χ0) is 20.8. The van der Waals surface area contributed by atoms with Gasteiger partial charge in [0.25, 0.3) is 0 Å². The van der Waals surface area contributed by atoms with Gasteiger partial charge in [-0.2, -0.15) is 0 Å². The molecule has 0 radical (unpaired) electrons. The Kier molecular flexibility index (Phi) is 6.23. The van der Waals surface area contributed by atoms with Gasteiger partial charge in [0.05, 0.1) is 24.2 Å². The van der Waals surface area contributed by atoms with Crippen LogP contribution in [0.1, 0.15) is 11.4 Å². The second-order valence-electron chi connectivity index (χ2n) is 6.85. The third-order valence-corrected chi connectivity index (χ3v) is 4.86. The third kappa shape index (κ3) is 4.28. The lowest BCUT2D eigenvalue weighted by molar-refractivity contribution is 0.156. The van der Waals surface area contributed by atoms with E-state index in [0.717, 1.165) is 33.3 Å². The maximum absolute atomic E-state index is 6.22. The molecule has 6 nitrogen and oxygen atoms in total. The van der Waals surface area contributed by atoms with Crippen LogP contribution in [0.3, 0.4) is 0 Å². The van der Waals surface area contributed by atoms with E-state index >= 15 is 0 Å². The molecule has 4 rings (SSSR count). The molecule has 0 spiro atoms. The second kappa shape index (κ2) is 9.40. The minimum Gasteiger partial charge on any atom is -0.384 e. The molecule has 0 unspecified atom stereocenters. The van der Waals surface area contributed by atoms with Crippen molar-refractivity contribution < 1.29 is 9.47 Å². The fourth-order valence-electron chi connectivity index (χ4n) is 3.47. The Balaban J connectivity index is 1.56. The first-order valence-electron chi connectivity index (χ1n) is 9.92. The van der Waals surface area contributed by atoms with Crippen molar-refractivity contribution in [2.24, 2.45) is 0 Å². The third-order valence-electron chi connectivity index (χ3n) is 4.86. The number of ether oxygens (including phenoxy) is 2. The van der Waals surface area contributed by atoms with Crippen LogP contribution in [0.15, 0.2) is 54.6 Å². The van der Waals surface area contributed by atoms with Crippen molar-refractivity contribution in [2.45, 2.75) is 13.0 Å². The Morgan fingerprint density at radius 1 is 1.00 bits per heavy atom. The number of nitrogens with zero attached hydrogens (tertiary/aromatic N) is 3. The monoisotopic (exact) mass is 400 g/mol. The molecule has 2 heterocycles. The summed E-state index contributed by atoms with van der Waals surface area (Å²) >= 11 is 0. The summed E-state index contributed by atoms with van der Waals surface area (Å²) in [5.41, 5.74) is 9.77. The number of rotatable bonds is 7. The quantitative estimate of drug-likeness (QED) is 0.380. The highest BCUT2D eigenvalue weighted by Gasteiger charge is 2.16. The molecule has 2 N–H and O–H groups in total. The number of nitrogens with two attached hydrogens (primary N) is 1.